The van der Waals surface area contributed by atoms with Gasteiger partial charge in [-0.15, -0.1) is 0 Å². The molecule has 5 heteroatoms. The van der Waals surface area contributed by atoms with Crippen molar-refractivity contribution in [2.24, 2.45) is 5.92 Å². The van der Waals surface area contributed by atoms with Crippen molar-refractivity contribution in [3.05, 3.63) is 0 Å². The fourth-order valence-electron chi connectivity index (χ4n) is 2.98. The van der Waals surface area contributed by atoms with E-state index in [0.717, 1.165) is 39.2 Å². The quantitative estimate of drug-likeness (QED) is 0.866. The number of nitrogens with zero attached hydrogens (tertiary/aromatic N) is 1. The van der Waals surface area contributed by atoms with Gasteiger partial charge in [0.1, 0.15) is 5.60 Å². The van der Waals surface area contributed by atoms with Crippen LogP contribution in [0.5, 0.6) is 0 Å². The molecule has 0 bridgehead atoms. The summed E-state index contributed by atoms with van der Waals surface area (Å²) in [5.41, 5.74) is -0.415. The Kier molecular flexibility index (Phi) is 5.88. The molecule has 2 unspecified atom stereocenters. The maximum Gasteiger partial charge on any atom is 0.410 e. The minimum Gasteiger partial charge on any atom is -0.444 e. The van der Waals surface area contributed by atoms with Crippen LogP contribution in [0.3, 0.4) is 0 Å². The zero-order valence-electron chi connectivity index (χ0n) is 13.7. The monoisotopic (exact) mass is 298 g/mol. The number of carbonyl (C=O) groups is 1. The molecule has 5 nitrogen and oxygen atoms in total. The predicted octanol–water partition coefficient (Wildman–Crippen LogP) is 2.40. The molecular formula is C16H30N2O3. The van der Waals surface area contributed by atoms with Gasteiger partial charge >= 0.3 is 6.09 Å². The molecule has 122 valence electrons. The minimum absolute atomic E-state index is 0.175. The van der Waals surface area contributed by atoms with Gasteiger partial charge in [0.25, 0.3) is 0 Å². The number of nitrogens with one attached hydrogen (secondary N) is 1. The minimum atomic E-state index is -0.415. The van der Waals surface area contributed by atoms with Gasteiger partial charge in [-0.25, -0.2) is 4.79 Å². The van der Waals surface area contributed by atoms with Gasteiger partial charge in [0.15, 0.2) is 0 Å². The summed E-state index contributed by atoms with van der Waals surface area (Å²) in [6.45, 7) is 10.1. The third-order valence-electron chi connectivity index (χ3n) is 4.00. The third-order valence-corrected chi connectivity index (χ3v) is 4.00. The van der Waals surface area contributed by atoms with Crippen LogP contribution >= 0.6 is 0 Å². The SMILES string of the molecule is CC(C)(C)OC(=O)N1CCCC(CNCC2CCCO2)C1. The van der Waals surface area contributed by atoms with Crippen LogP contribution in [-0.4, -0.2) is 55.5 Å². The molecule has 0 aliphatic carbocycles. The van der Waals surface area contributed by atoms with Gasteiger partial charge in [0.05, 0.1) is 6.10 Å². The van der Waals surface area contributed by atoms with E-state index in [4.69, 9.17) is 9.47 Å². The summed E-state index contributed by atoms with van der Waals surface area (Å²) in [6.07, 6.45) is 4.80. The highest BCUT2D eigenvalue weighted by atomic mass is 16.6. The second-order valence-corrected chi connectivity index (χ2v) is 7.23. The van der Waals surface area contributed by atoms with E-state index in [1.165, 1.54) is 19.3 Å². The fraction of sp³-hybridized carbons (Fsp3) is 0.938. The summed E-state index contributed by atoms with van der Waals surface area (Å²) in [7, 11) is 0. The summed E-state index contributed by atoms with van der Waals surface area (Å²) in [5, 5.41) is 3.50. The van der Waals surface area contributed by atoms with E-state index in [1.54, 1.807) is 0 Å². The standard InChI is InChI=1S/C16H30N2O3/c1-16(2,3)21-15(19)18-8-4-6-13(12-18)10-17-11-14-7-5-9-20-14/h13-14,17H,4-12H2,1-3H3. The van der Waals surface area contributed by atoms with Crippen LogP contribution in [0.2, 0.25) is 0 Å². The number of ether oxygens (including phenoxy) is 2. The largest absolute Gasteiger partial charge is 0.444 e. The van der Waals surface area contributed by atoms with Crippen molar-refractivity contribution in [2.45, 2.75) is 58.2 Å². The second kappa shape index (κ2) is 7.45. The predicted molar refractivity (Wildman–Crippen MR) is 82.4 cm³/mol. The molecule has 0 spiro atoms. The summed E-state index contributed by atoms with van der Waals surface area (Å²) in [5.74, 6) is 0.521. The third kappa shape index (κ3) is 5.83. The normalized spacial score (nSPS) is 26.9. The Labute approximate surface area is 128 Å². The average Bonchev–Trinajstić information content (AvgIpc) is 2.90. The summed E-state index contributed by atoms with van der Waals surface area (Å²) < 4.78 is 11.1. The van der Waals surface area contributed by atoms with E-state index in [2.05, 4.69) is 5.32 Å². The maximum atomic E-state index is 12.1. The molecule has 0 aromatic rings. The molecule has 2 atom stereocenters. The van der Waals surface area contributed by atoms with Crippen LogP contribution < -0.4 is 5.32 Å². The summed E-state index contributed by atoms with van der Waals surface area (Å²) in [6, 6.07) is 0. The molecular weight excluding hydrogens is 268 g/mol. The molecule has 21 heavy (non-hydrogen) atoms. The van der Waals surface area contributed by atoms with Gasteiger partial charge in [0.2, 0.25) is 0 Å². The Morgan fingerprint density at radius 1 is 1.29 bits per heavy atom. The number of hydrogen-bond donors (Lipinski definition) is 1. The molecule has 1 N–H and O–H groups in total. The van der Waals surface area contributed by atoms with Gasteiger partial charge in [-0.05, 0) is 58.9 Å². The Morgan fingerprint density at radius 2 is 2.10 bits per heavy atom. The van der Waals surface area contributed by atoms with Gasteiger partial charge < -0.3 is 19.7 Å². The zero-order valence-corrected chi connectivity index (χ0v) is 13.7. The van der Waals surface area contributed by atoms with E-state index < -0.39 is 5.60 Å². The molecule has 2 rings (SSSR count). The molecule has 2 aliphatic heterocycles. The number of piperidine rings is 1. The first kappa shape index (κ1) is 16.6. The van der Waals surface area contributed by atoms with E-state index in [-0.39, 0.29) is 6.09 Å². The number of amides is 1. The molecule has 2 aliphatic rings. The van der Waals surface area contributed by atoms with Crippen LogP contribution in [0.25, 0.3) is 0 Å². The van der Waals surface area contributed by atoms with Crippen LogP contribution in [-0.2, 0) is 9.47 Å². The number of hydrogen-bond acceptors (Lipinski definition) is 4. The first-order valence-corrected chi connectivity index (χ1v) is 8.24. The molecule has 0 saturated carbocycles. The highest BCUT2D eigenvalue weighted by Crippen LogP contribution is 2.19. The molecule has 0 aromatic carbocycles. The fourth-order valence-corrected chi connectivity index (χ4v) is 2.98. The van der Waals surface area contributed by atoms with Crippen LogP contribution in [0, 0.1) is 5.92 Å². The maximum absolute atomic E-state index is 12.1. The molecule has 0 radical (unpaired) electrons. The van der Waals surface area contributed by atoms with Crippen molar-refractivity contribution in [3.63, 3.8) is 0 Å². The Hall–Kier alpha value is -0.810. The summed E-state index contributed by atoms with van der Waals surface area (Å²) >= 11 is 0. The second-order valence-electron chi connectivity index (χ2n) is 7.23. The Bertz CT molecular complexity index is 335. The zero-order chi connectivity index (χ0) is 15.3. The number of likely N-dealkylation sites (tertiary alicyclic amines) is 1. The van der Waals surface area contributed by atoms with Gasteiger partial charge in [-0.2, -0.15) is 0 Å². The highest BCUT2D eigenvalue weighted by Gasteiger charge is 2.27. The molecule has 2 saturated heterocycles. The average molecular weight is 298 g/mol. The number of carbonyl (C=O) groups excluding carboxylic acids is 1. The van der Waals surface area contributed by atoms with E-state index >= 15 is 0 Å². The molecule has 2 heterocycles. The lowest BCUT2D eigenvalue weighted by molar-refractivity contribution is 0.0164. The Balaban J connectivity index is 1.68. The van der Waals surface area contributed by atoms with Crippen molar-refractivity contribution in [1.29, 1.82) is 0 Å². The van der Waals surface area contributed by atoms with Gasteiger partial charge in [-0.1, -0.05) is 0 Å². The van der Waals surface area contributed by atoms with Gasteiger partial charge in [0, 0.05) is 26.2 Å². The number of rotatable bonds is 4. The van der Waals surface area contributed by atoms with Gasteiger partial charge in [-0.3, -0.25) is 0 Å². The highest BCUT2D eigenvalue weighted by molar-refractivity contribution is 5.68. The lowest BCUT2D eigenvalue weighted by atomic mass is 9.98. The van der Waals surface area contributed by atoms with E-state index in [9.17, 15) is 4.79 Å². The van der Waals surface area contributed by atoms with Crippen molar-refractivity contribution in [1.82, 2.24) is 10.2 Å². The molecule has 1 amide bonds. The van der Waals surface area contributed by atoms with Crippen LogP contribution in [0.1, 0.15) is 46.5 Å². The van der Waals surface area contributed by atoms with Crippen molar-refractivity contribution in [3.8, 4) is 0 Å². The first-order valence-electron chi connectivity index (χ1n) is 8.24. The van der Waals surface area contributed by atoms with Crippen LogP contribution in [0.4, 0.5) is 4.79 Å². The summed E-state index contributed by atoms with van der Waals surface area (Å²) in [4.78, 5) is 14.0. The topological polar surface area (TPSA) is 50.8 Å². The first-order chi connectivity index (χ1) is 9.94. The smallest absolute Gasteiger partial charge is 0.410 e. The lowest BCUT2D eigenvalue weighted by Crippen LogP contribution is -2.45. The van der Waals surface area contributed by atoms with E-state index in [0.29, 0.717) is 12.0 Å². The van der Waals surface area contributed by atoms with Crippen LogP contribution in [0.15, 0.2) is 0 Å². The molecule has 2 fully saturated rings. The Morgan fingerprint density at radius 3 is 2.76 bits per heavy atom. The van der Waals surface area contributed by atoms with Crippen molar-refractivity contribution in [2.75, 3.05) is 32.8 Å². The molecule has 0 aromatic heterocycles. The van der Waals surface area contributed by atoms with Crippen molar-refractivity contribution < 1.29 is 14.3 Å². The van der Waals surface area contributed by atoms with Crippen molar-refractivity contribution >= 4 is 6.09 Å². The van der Waals surface area contributed by atoms with E-state index in [1.807, 2.05) is 25.7 Å². The lowest BCUT2D eigenvalue weighted by Gasteiger charge is -2.34.